The van der Waals surface area contributed by atoms with Crippen LogP contribution in [0.2, 0.25) is 5.02 Å². The first kappa shape index (κ1) is 12.5. The average molecular weight is 337 g/mol. The molecule has 0 aliphatic heterocycles. The first-order valence-electron chi connectivity index (χ1n) is 5.76. The Morgan fingerprint density at radius 1 is 1.32 bits per heavy atom. The van der Waals surface area contributed by atoms with Crippen molar-refractivity contribution in [1.82, 2.24) is 9.97 Å². The molecule has 19 heavy (non-hydrogen) atoms. The van der Waals surface area contributed by atoms with E-state index in [2.05, 4.69) is 25.9 Å². The van der Waals surface area contributed by atoms with Crippen molar-refractivity contribution in [2.24, 2.45) is 0 Å². The molecule has 3 nitrogen and oxygen atoms in total. The Kier molecular flexibility index (Phi) is 2.99. The maximum absolute atomic E-state index is 6.20. The zero-order valence-electron chi connectivity index (χ0n) is 10.2. The van der Waals surface area contributed by atoms with E-state index in [1.54, 1.807) is 0 Å². The molecule has 0 saturated heterocycles. The second-order valence-corrected chi connectivity index (χ2v) is 5.71. The fraction of sp³-hybridized carbons (Fsp3) is 0.0714. The number of nitrogen functional groups attached to an aromatic ring is 1. The van der Waals surface area contributed by atoms with Crippen molar-refractivity contribution in [2.45, 2.75) is 6.92 Å². The Morgan fingerprint density at radius 3 is 2.89 bits per heavy atom. The van der Waals surface area contributed by atoms with E-state index in [-0.39, 0.29) is 0 Å². The lowest BCUT2D eigenvalue weighted by molar-refractivity contribution is 1.31. The fourth-order valence-corrected chi connectivity index (χ4v) is 2.93. The Labute approximate surface area is 123 Å². The topological polar surface area (TPSA) is 54.7 Å². The summed E-state index contributed by atoms with van der Waals surface area (Å²) in [4.78, 5) is 7.84. The zero-order valence-corrected chi connectivity index (χ0v) is 12.5. The first-order chi connectivity index (χ1) is 9.06. The lowest BCUT2D eigenvalue weighted by Gasteiger charge is -2.04. The van der Waals surface area contributed by atoms with Crippen LogP contribution >= 0.6 is 27.5 Å². The molecule has 0 unspecified atom stereocenters. The van der Waals surface area contributed by atoms with Gasteiger partial charge in [0.25, 0.3) is 0 Å². The van der Waals surface area contributed by atoms with Gasteiger partial charge in [-0.2, -0.15) is 0 Å². The van der Waals surface area contributed by atoms with E-state index >= 15 is 0 Å². The minimum Gasteiger partial charge on any atom is -0.398 e. The molecule has 1 aromatic heterocycles. The number of rotatable bonds is 1. The molecule has 0 aliphatic carbocycles. The monoisotopic (exact) mass is 335 g/mol. The molecule has 96 valence electrons. The van der Waals surface area contributed by atoms with E-state index in [9.17, 15) is 0 Å². The highest BCUT2D eigenvalue weighted by Gasteiger charge is 2.11. The van der Waals surface area contributed by atoms with Crippen molar-refractivity contribution in [3.8, 4) is 11.4 Å². The Morgan fingerprint density at radius 2 is 2.11 bits per heavy atom. The number of hydrogen-bond acceptors (Lipinski definition) is 2. The Bertz CT molecular complexity index is 780. The van der Waals surface area contributed by atoms with E-state index < -0.39 is 0 Å². The van der Waals surface area contributed by atoms with E-state index in [0.29, 0.717) is 5.02 Å². The number of benzene rings is 2. The summed E-state index contributed by atoms with van der Waals surface area (Å²) < 4.78 is 0.921. The SMILES string of the molecule is Cc1c(N)cccc1-c1nc2c(Cl)cc(Br)cc2[nH]1. The van der Waals surface area contributed by atoms with E-state index in [0.717, 1.165) is 38.1 Å². The number of nitrogens with one attached hydrogen (secondary N) is 1. The van der Waals surface area contributed by atoms with Gasteiger partial charge in [0.2, 0.25) is 0 Å². The number of imidazole rings is 1. The third kappa shape index (κ3) is 2.11. The Balaban J connectivity index is 2.26. The number of nitrogens with zero attached hydrogens (tertiary/aromatic N) is 1. The van der Waals surface area contributed by atoms with Crippen LogP contribution in [-0.2, 0) is 0 Å². The molecular formula is C14H11BrClN3. The maximum atomic E-state index is 6.20. The molecule has 3 rings (SSSR count). The first-order valence-corrected chi connectivity index (χ1v) is 6.93. The second-order valence-electron chi connectivity index (χ2n) is 4.39. The largest absolute Gasteiger partial charge is 0.398 e. The number of nitrogens with two attached hydrogens (primary N) is 1. The summed E-state index contributed by atoms with van der Waals surface area (Å²) in [5.74, 6) is 0.778. The van der Waals surface area contributed by atoms with Gasteiger partial charge in [-0.3, -0.25) is 0 Å². The van der Waals surface area contributed by atoms with Gasteiger partial charge in [-0.25, -0.2) is 4.98 Å². The summed E-state index contributed by atoms with van der Waals surface area (Å²) in [6.07, 6.45) is 0. The third-order valence-corrected chi connectivity index (χ3v) is 3.88. The highest BCUT2D eigenvalue weighted by Crippen LogP contribution is 2.31. The van der Waals surface area contributed by atoms with Crippen LogP contribution in [0.25, 0.3) is 22.4 Å². The summed E-state index contributed by atoms with van der Waals surface area (Å²) in [5, 5.41) is 0.619. The molecule has 0 saturated carbocycles. The van der Waals surface area contributed by atoms with Crippen LogP contribution in [0.5, 0.6) is 0 Å². The molecule has 1 heterocycles. The van der Waals surface area contributed by atoms with Crippen LogP contribution in [-0.4, -0.2) is 9.97 Å². The van der Waals surface area contributed by atoms with Crippen molar-refractivity contribution >= 4 is 44.3 Å². The predicted molar refractivity (Wildman–Crippen MR) is 83.4 cm³/mol. The molecule has 0 fully saturated rings. The Hall–Kier alpha value is -1.52. The van der Waals surface area contributed by atoms with Crippen molar-refractivity contribution in [1.29, 1.82) is 0 Å². The third-order valence-electron chi connectivity index (χ3n) is 3.14. The number of aromatic nitrogens is 2. The summed E-state index contributed by atoms with van der Waals surface area (Å²) in [7, 11) is 0. The molecule has 3 N–H and O–H groups in total. The predicted octanol–water partition coefficient (Wildman–Crippen LogP) is 4.54. The summed E-state index contributed by atoms with van der Waals surface area (Å²) in [6, 6.07) is 9.58. The van der Waals surface area contributed by atoms with Gasteiger partial charge in [0, 0.05) is 15.7 Å². The second kappa shape index (κ2) is 4.54. The molecular weight excluding hydrogens is 326 g/mol. The zero-order chi connectivity index (χ0) is 13.6. The normalized spacial score (nSPS) is 11.1. The highest BCUT2D eigenvalue weighted by molar-refractivity contribution is 9.10. The number of fused-ring (bicyclic) bond motifs is 1. The number of halogens is 2. The molecule has 0 bridgehead atoms. The van der Waals surface area contributed by atoms with Crippen LogP contribution in [0.3, 0.4) is 0 Å². The van der Waals surface area contributed by atoms with E-state index in [1.807, 2.05) is 37.3 Å². The quantitative estimate of drug-likeness (QED) is 0.641. The molecule has 5 heteroatoms. The number of anilines is 1. The minimum atomic E-state index is 0.619. The van der Waals surface area contributed by atoms with Crippen molar-refractivity contribution < 1.29 is 0 Å². The fourth-order valence-electron chi connectivity index (χ4n) is 2.08. The molecule has 2 aromatic carbocycles. The van der Waals surface area contributed by atoms with Gasteiger partial charge in [0.15, 0.2) is 0 Å². The summed E-state index contributed by atoms with van der Waals surface area (Å²) in [6.45, 7) is 1.98. The minimum absolute atomic E-state index is 0.619. The summed E-state index contributed by atoms with van der Waals surface area (Å²) in [5.41, 5.74) is 10.4. The van der Waals surface area contributed by atoms with Gasteiger partial charge >= 0.3 is 0 Å². The maximum Gasteiger partial charge on any atom is 0.138 e. The lowest BCUT2D eigenvalue weighted by Crippen LogP contribution is -1.92. The average Bonchev–Trinajstić information content (AvgIpc) is 2.76. The molecule has 0 spiro atoms. The molecule has 0 aliphatic rings. The lowest BCUT2D eigenvalue weighted by atomic mass is 10.1. The van der Waals surface area contributed by atoms with Crippen LogP contribution in [0.15, 0.2) is 34.8 Å². The molecule has 0 radical (unpaired) electrons. The van der Waals surface area contributed by atoms with Crippen molar-refractivity contribution in [3.05, 3.63) is 45.4 Å². The summed E-state index contributed by atoms with van der Waals surface area (Å²) >= 11 is 9.62. The van der Waals surface area contributed by atoms with E-state index in [1.165, 1.54) is 0 Å². The van der Waals surface area contributed by atoms with Crippen molar-refractivity contribution in [3.63, 3.8) is 0 Å². The van der Waals surface area contributed by atoms with E-state index in [4.69, 9.17) is 17.3 Å². The number of aromatic amines is 1. The van der Waals surface area contributed by atoms with Gasteiger partial charge < -0.3 is 10.7 Å². The molecule has 0 amide bonds. The van der Waals surface area contributed by atoms with Gasteiger partial charge in [0.1, 0.15) is 11.3 Å². The molecule has 0 atom stereocenters. The highest BCUT2D eigenvalue weighted by atomic mass is 79.9. The van der Waals surface area contributed by atoms with Crippen LogP contribution in [0.4, 0.5) is 5.69 Å². The van der Waals surface area contributed by atoms with Gasteiger partial charge in [-0.05, 0) is 30.7 Å². The number of hydrogen-bond donors (Lipinski definition) is 2. The standard InChI is InChI=1S/C14H11BrClN3/c1-7-9(3-2-4-11(7)17)14-18-12-6-8(15)5-10(16)13(12)19-14/h2-6H,17H2,1H3,(H,18,19). The van der Waals surface area contributed by atoms with Gasteiger partial charge in [-0.15, -0.1) is 0 Å². The van der Waals surface area contributed by atoms with Crippen LogP contribution in [0.1, 0.15) is 5.56 Å². The number of H-pyrrole nitrogens is 1. The smallest absolute Gasteiger partial charge is 0.138 e. The van der Waals surface area contributed by atoms with Gasteiger partial charge in [0.05, 0.1) is 10.5 Å². The van der Waals surface area contributed by atoms with Gasteiger partial charge in [-0.1, -0.05) is 39.7 Å². The van der Waals surface area contributed by atoms with Crippen molar-refractivity contribution in [2.75, 3.05) is 5.73 Å². The van der Waals surface area contributed by atoms with Crippen LogP contribution < -0.4 is 5.73 Å². The molecule has 3 aromatic rings. The van der Waals surface area contributed by atoms with Crippen LogP contribution in [0, 0.1) is 6.92 Å².